The van der Waals surface area contributed by atoms with Crippen molar-refractivity contribution in [2.75, 3.05) is 0 Å². The van der Waals surface area contributed by atoms with E-state index in [1.165, 1.54) is 0 Å². The monoisotopic (exact) mass is 240 g/mol. The van der Waals surface area contributed by atoms with Crippen LogP contribution in [0.3, 0.4) is 0 Å². The molecule has 0 N–H and O–H groups in total. The van der Waals surface area contributed by atoms with Gasteiger partial charge in [-0.05, 0) is 26.3 Å². The Kier molecular flexibility index (Phi) is 3.47. The molecular formula is C16H16O2. The van der Waals surface area contributed by atoms with E-state index in [2.05, 4.69) is 0 Å². The molecule has 1 aromatic carbocycles. The Morgan fingerprint density at radius 2 is 1.72 bits per heavy atom. The average molecular weight is 240 g/mol. The van der Waals surface area contributed by atoms with Crippen molar-refractivity contribution in [2.24, 2.45) is 0 Å². The van der Waals surface area contributed by atoms with Crippen molar-refractivity contribution in [3.8, 4) is 0 Å². The number of aryl methyl sites for hydroxylation is 2. The van der Waals surface area contributed by atoms with Crippen molar-refractivity contribution in [1.82, 2.24) is 0 Å². The topological polar surface area (TPSA) is 30.2 Å². The van der Waals surface area contributed by atoms with Crippen LogP contribution in [0.15, 0.2) is 34.7 Å². The number of hydrogen-bond donors (Lipinski definition) is 0. The second kappa shape index (κ2) is 5.05. The van der Waals surface area contributed by atoms with Gasteiger partial charge in [-0.3, -0.25) is 4.79 Å². The SMILES string of the molecule is CC(=O)c1c(C)oc(C)c1/C=C/c1ccccc1. The highest BCUT2D eigenvalue weighted by Gasteiger charge is 2.16. The van der Waals surface area contributed by atoms with E-state index in [1.54, 1.807) is 6.92 Å². The lowest BCUT2D eigenvalue weighted by molar-refractivity contribution is 0.101. The highest BCUT2D eigenvalue weighted by Crippen LogP contribution is 2.24. The van der Waals surface area contributed by atoms with Gasteiger partial charge in [0.25, 0.3) is 0 Å². The summed E-state index contributed by atoms with van der Waals surface area (Å²) in [6, 6.07) is 9.99. The molecule has 0 atom stereocenters. The van der Waals surface area contributed by atoms with E-state index in [0.717, 1.165) is 16.9 Å². The second-order valence-electron chi connectivity index (χ2n) is 4.30. The average Bonchev–Trinajstić information content (AvgIpc) is 2.62. The summed E-state index contributed by atoms with van der Waals surface area (Å²) in [6.07, 6.45) is 3.93. The molecule has 0 radical (unpaired) electrons. The number of Topliss-reactive ketones (excluding diaryl/α,β-unsaturated/α-hetero) is 1. The number of furan rings is 1. The predicted octanol–water partition coefficient (Wildman–Crippen LogP) is 4.27. The summed E-state index contributed by atoms with van der Waals surface area (Å²) >= 11 is 0. The van der Waals surface area contributed by atoms with Gasteiger partial charge in [0.15, 0.2) is 5.78 Å². The summed E-state index contributed by atoms with van der Waals surface area (Å²) in [7, 11) is 0. The first-order valence-electron chi connectivity index (χ1n) is 5.93. The minimum Gasteiger partial charge on any atom is -0.465 e. The van der Waals surface area contributed by atoms with Gasteiger partial charge in [0, 0.05) is 5.56 Å². The summed E-state index contributed by atoms with van der Waals surface area (Å²) in [4.78, 5) is 11.6. The third-order valence-corrected chi connectivity index (χ3v) is 2.90. The van der Waals surface area contributed by atoms with Gasteiger partial charge in [-0.25, -0.2) is 0 Å². The van der Waals surface area contributed by atoms with Crippen LogP contribution in [0.4, 0.5) is 0 Å². The minimum atomic E-state index is 0.0389. The maximum absolute atomic E-state index is 11.6. The number of hydrogen-bond acceptors (Lipinski definition) is 2. The van der Waals surface area contributed by atoms with E-state index >= 15 is 0 Å². The van der Waals surface area contributed by atoms with Gasteiger partial charge in [-0.2, -0.15) is 0 Å². The van der Waals surface area contributed by atoms with Crippen molar-refractivity contribution >= 4 is 17.9 Å². The fraction of sp³-hybridized carbons (Fsp3) is 0.188. The molecule has 2 rings (SSSR count). The van der Waals surface area contributed by atoms with E-state index in [-0.39, 0.29) is 5.78 Å². The highest BCUT2D eigenvalue weighted by molar-refractivity contribution is 5.99. The Balaban J connectivity index is 2.41. The smallest absolute Gasteiger partial charge is 0.163 e. The first-order valence-corrected chi connectivity index (χ1v) is 5.93. The number of rotatable bonds is 3. The molecule has 1 heterocycles. The molecule has 0 spiro atoms. The van der Waals surface area contributed by atoms with E-state index in [1.807, 2.05) is 56.3 Å². The molecule has 18 heavy (non-hydrogen) atoms. The first kappa shape index (κ1) is 12.4. The third kappa shape index (κ3) is 2.43. The van der Waals surface area contributed by atoms with Gasteiger partial charge in [-0.1, -0.05) is 42.5 Å². The lowest BCUT2D eigenvalue weighted by atomic mass is 10.0. The minimum absolute atomic E-state index is 0.0389. The molecule has 0 saturated heterocycles. The Hall–Kier alpha value is -2.09. The molecule has 0 fully saturated rings. The Bertz CT molecular complexity index is 589. The molecule has 0 aliphatic rings. The van der Waals surface area contributed by atoms with Crippen molar-refractivity contribution in [2.45, 2.75) is 20.8 Å². The van der Waals surface area contributed by atoms with Crippen LogP contribution in [0.5, 0.6) is 0 Å². The zero-order valence-corrected chi connectivity index (χ0v) is 10.9. The van der Waals surface area contributed by atoms with E-state index in [0.29, 0.717) is 11.3 Å². The number of ketones is 1. The van der Waals surface area contributed by atoms with Crippen LogP contribution in [-0.2, 0) is 0 Å². The Morgan fingerprint density at radius 1 is 1.06 bits per heavy atom. The number of benzene rings is 1. The van der Waals surface area contributed by atoms with Crippen LogP contribution in [-0.4, -0.2) is 5.78 Å². The largest absolute Gasteiger partial charge is 0.465 e. The summed E-state index contributed by atoms with van der Waals surface area (Å²) in [5.41, 5.74) is 2.66. The van der Waals surface area contributed by atoms with Crippen molar-refractivity contribution < 1.29 is 9.21 Å². The molecule has 0 aliphatic heterocycles. The second-order valence-corrected chi connectivity index (χ2v) is 4.30. The van der Waals surface area contributed by atoms with Crippen molar-refractivity contribution in [1.29, 1.82) is 0 Å². The van der Waals surface area contributed by atoms with Gasteiger partial charge in [0.2, 0.25) is 0 Å². The van der Waals surface area contributed by atoms with Crippen LogP contribution in [0, 0.1) is 13.8 Å². The van der Waals surface area contributed by atoms with Crippen molar-refractivity contribution in [3.05, 3.63) is 58.5 Å². The van der Waals surface area contributed by atoms with Crippen molar-refractivity contribution in [3.63, 3.8) is 0 Å². The lowest BCUT2D eigenvalue weighted by Gasteiger charge is -1.96. The molecule has 0 aliphatic carbocycles. The number of carbonyl (C=O) groups excluding carboxylic acids is 1. The highest BCUT2D eigenvalue weighted by atomic mass is 16.3. The zero-order valence-electron chi connectivity index (χ0n) is 10.9. The Morgan fingerprint density at radius 3 is 2.33 bits per heavy atom. The van der Waals surface area contributed by atoms with Crippen LogP contribution in [0.25, 0.3) is 12.2 Å². The summed E-state index contributed by atoms with van der Waals surface area (Å²) < 4.78 is 5.52. The molecule has 2 heteroatoms. The van der Waals surface area contributed by atoms with Crippen LogP contribution >= 0.6 is 0 Å². The summed E-state index contributed by atoms with van der Waals surface area (Å²) in [5.74, 6) is 1.51. The van der Waals surface area contributed by atoms with Gasteiger partial charge in [0.1, 0.15) is 11.5 Å². The molecule has 0 unspecified atom stereocenters. The van der Waals surface area contributed by atoms with Gasteiger partial charge >= 0.3 is 0 Å². The predicted molar refractivity (Wildman–Crippen MR) is 73.6 cm³/mol. The molecule has 0 amide bonds. The van der Waals surface area contributed by atoms with Gasteiger partial charge in [-0.15, -0.1) is 0 Å². The Labute approximate surface area is 107 Å². The molecule has 2 nitrogen and oxygen atoms in total. The maximum Gasteiger partial charge on any atom is 0.163 e. The van der Waals surface area contributed by atoms with E-state index in [9.17, 15) is 4.79 Å². The van der Waals surface area contributed by atoms with Crippen LogP contribution in [0.2, 0.25) is 0 Å². The standard InChI is InChI=1S/C16H16O2/c1-11(17)16-13(3)18-12(2)15(16)10-9-14-7-5-4-6-8-14/h4-10H,1-3H3/b10-9+. The third-order valence-electron chi connectivity index (χ3n) is 2.90. The quantitative estimate of drug-likeness (QED) is 0.750. The molecule has 0 bridgehead atoms. The first-order chi connectivity index (χ1) is 8.59. The summed E-state index contributed by atoms with van der Waals surface area (Å²) in [5, 5.41) is 0. The van der Waals surface area contributed by atoms with Gasteiger partial charge < -0.3 is 4.42 Å². The molecule has 2 aromatic rings. The molecule has 1 aromatic heterocycles. The molecular weight excluding hydrogens is 224 g/mol. The fourth-order valence-electron chi connectivity index (χ4n) is 2.08. The van der Waals surface area contributed by atoms with E-state index in [4.69, 9.17) is 4.42 Å². The fourth-order valence-corrected chi connectivity index (χ4v) is 2.08. The molecule has 92 valence electrons. The molecule has 0 saturated carbocycles. The van der Waals surface area contributed by atoms with Crippen LogP contribution < -0.4 is 0 Å². The summed E-state index contributed by atoms with van der Waals surface area (Å²) in [6.45, 7) is 5.27. The van der Waals surface area contributed by atoms with E-state index < -0.39 is 0 Å². The zero-order chi connectivity index (χ0) is 13.1. The normalized spacial score (nSPS) is 11.1. The number of carbonyl (C=O) groups is 1. The van der Waals surface area contributed by atoms with Gasteiger partial charge in [0.05, 0.1) is 5.56 Å². The van der Waals surface area contributed by atoms with Crippen LogP contribution in [0.1, 0.15) is 39.9 Å². The maximum atomic E-state index is 11.6. The lowest BCUT2D eigenvalue weighted by Crippen LogP contribution is -1.94.